The summed E-state index contributed by atoms with van der Waals surface area (Å²) in [6, 6.07) is 4.15. The zero-order valence-corrected chi connectivity index (χ0v) is 12.0. The zero-order chi connectivity index (χ0) is 17.5. The number of rotatable bonds is 4. The number of H-pyrrole nitrogens is 1. The van der Waals surface area contributed by atoms with Gasteiger partial charge in [0.15, 0.2) is 0 Å². The first-order valence-electron chi connectivity index (χ1n) is 6.82. The van der Waals surface area contributed by atoms with Crippen LogP contribution >= 0.6 is 0 Å². The Morgan fingerprint density at radius 1 is 1.29 bits per heavy atom. The fourth-order valence-corrected chi connectivity index (χ4v) is 2.29. The molecule has 0 spiro atoms. The molecule has 0 saturated heterocycles. The van der Waals surface area contributed by atoms with Gasteiger partial charge in [-0.3, -0.25) is 14.5 Å². The van der Waals surface area contributed by atoms with Gasteiger partial charge in [0.05, 0.1) is 24.2 Å². The van der Waals surface area contributed by atoms with E-state index < -0.39 is 23.8 Å². The predicted molar refractivity (Wildman–Crippen MR) is 76.6 cm³/mol. The Bertz CT molecular complexity index is 857. The Morgan fingerprint density at radius 2 is 2.04 bits per heavy atom. The molecule has 3 rings (SSSR count). The fraction of sp³-hybridized carbons (Fsp3) is 0.214. The van der Waals surface area contributed by atoms with Crippen LogP contribution in [0, 0.1) is 0 Å². The van der Waals surface area contributed by atoms with Gasteiger partial charge in [0.1, 0.15) is 5.70 Å². The highest BCUT2D eigenvalue weighted by Gasteiger charge is 2.35. The van der Waals surface area contributed by atoms with Crippen LogP contribution in [0.3, 0.4) is 0 Å². The van der Waals surface area contributed by atoms with Crippen molar-refractivity contribution in [1.82, 2.24) is 14.9 Å². The minimum Gasteiger partial charge on any atom is -0.395 e. The molecule has 1 aliphatic heterocycles. The van der Waals surface area contributed by atoms with E-state index in [0.29, 0.717) is 5.69 Å². The van der Waals surface area contributed by atoms with Crippen molar-refractivity contribution < 1.29 is 27.9 Å². The number of hydrogen-bond acceptors (Lipinski definition) is 5. The van der Waals surface area contributed by atoms with Gasteiger partial charge in [0.2, 0.25) is 5.82 Å². The summed E-state index contributed by atoms with van der Waals surface area (Å²) in [7, 11) is 0. The molecule has 2 heterocycles. The van der Waals surface area contributed by atoms with Gasteiger partial charge in [-0.25, -0.2) is 4.98 Å². The predicted octanol–water partition coefficient (Wildman–Crippen LogP) is 1.24. The van der Waals surface area contributed by atoms with Crippen molar-refractivity contribution in [2.24, 2.45) is 0 Å². The smallest absolute Gasteiger partial charge is 0.395 e. The van der Waals surface area contributed by atoms with Crippen molar-refractivity contribution in [3.05, 3.63) is 35.8 Å². The van der Waals surface area contributed by atoms with Crippen molar-refractivity contribution in [2.75, 3.05) is 18.5 Å². The van der Waals surface area contributed by atoms with Crippen LogP contribution in [0.25, 0.3) is 11.0 Å². The number of aliphatic hydroxyl groups is 1. The van der Waals surface area contributed by atoms with E-state index >= 15 is 0 Å². The summed E-state index contributed by atoms with van der Waals surface area (Å²) < 4.78 is 37.9. The molecule has 3 N–H and O–H groups in total. The summed E-state index contributed by atoms with van der Waals surface area (Å²) >= 11 is 0. The number of benzene rings is 1. The number of halogens is 3. The summed E-state index contributed by atoms with van der Waals surface area (Å²) in [4.78, 5) is 30.1. The lowest BCUT2D eigenvalue weighted by Crippen LogP contribution is -2.34. The molecular formula is C14H11F3N4O3. The van der Waals surface area contributed by atoms with Gasteiger partial charge in [-0.1, -0.05) is 0 Å². The number of fused-ring (bicyclic) bond motifs is 1. The number of nitrogens with one attached hydrogen (secondary N) is 2. The number of imide groups is 1. The number of amides is 2. The van der Waals surface area contributed by atoms with Crippen LogP contribution in [-0.2, 0) is 15.8 Å². The molecule has 0 saturated carbocycles. The number of carbonyl (C=O) groups is 2. The van der Waals surface area contributed by atoms with Crippen LogP contribution < -0.4 is 5.32 Å². The van der Waals surface area contributed by atoms with Crippen molar-refractivity contribution in [3.63, 3.8) is 0 Å². The van der Waals surface area contributed by atoms with Gasteiger partial charge in [-0.2, -0.15) is 13.2 Å². The van der Waals surface area contributed by atoms with Crippen molar-refractivity contribution in [3.8, 4) is 0 Å². The highest BCUT2D eigenvalue weighted by molar-refractivity contribution is 6.17. The van der Waals surface area contributed by atoms with Gasteiger partial charge in [-0.15, -0.1) is 0 Å². The molecule has 1 aromatic heterocycles. The van der Waals surface area contributed by atoms with E-state index in [9.17, 15) is 22.8 Å². The Balaban J connectivity index is 1.85. The average Bonchev–Trinajstić information content (AvgIpc) is 3.04. The summed E-state index contributed by atoms with van der Waals surface area (Å²) in [6.07, 6.45) is -3.52. The summed E-state index contributed by atoms with van der Waals surface area (Å²) in [5.74, 6) is -2.30. The molecular weight excluding hydrogens is 329 g/mol. The number of carbonyl (C=O) groups excluding carboxylic acids is 2. The second-order valence-electron chi connectivity index (χ2n) is 5.02. The van der Waals surface area contributed by atoms with Crippen LogP contribution in [0.4, 0.5) is 18.9 Å². The number of alkyl halides is 3. The lowest BCUT2D eigenvalue weighted by molar-refractivity contribution is -0.144. The Morgan fingerprint density at radius 3 is 2.71 bits per heavy atom. The van der Waals surface area contributed by atoms with Crippen LogP contribution in [0.2, 0.25) is 0 Å². The molecule has 2 amide bonds. The topological polar surface area (TPSA) is 98.3 Å². The quantitative estimate of drug-likeness (QED) is 0.728. The second kappa shape index (κ2) is 5.64. The number of aromatic amines is 1. The van der Waals surface area contributed by atoms with E-state index in [-0.39, 0.29) is 29.9 Å². The molecule has 2 aromatic rings. The maximum Gasteiger partial charge on any atom is 0.449 e. The van der Waals surface area contributed by atoms with Crippen LogP contribution in [0.1, 0.15) is 5.82 Å². The van der Waals surface area contributed by atoms with Crippen LogP contribution in [0.5, 0.6) is 0 Å². The number of nitrogens with zero attached hydrogens (tertiary/aromatic N) is 2. The minimum absolute atomic E-state index is 0.0247. The van der Waals surface area contributed by atoms with Crippen molar-refractivity contribution in [1.29, 1.82) is 0 Å². The Labute approximate surface area is 132 Å². The molecule has 0 aliphatic carbocycles. The van der Waals surface area contributed by atoms with Gasteiger partial charge in [0.25, 0.3) is 11.8 Å². The molecule has 126 valence electrons. The van der Waals surface area contributed by atoms with E-state index in [1.165, 1.54) is 18.2 Å². The maximum atomic E-state index is 12.6. The Hall–Kier alpha value is -2.88. The minimum atomic E-state index is -4.59. The first kappa shape index (κ1) is 16.0. The normalized spacial score (nSPS) is 15.3. The van der Waals surface area contributed by atoms with Gasteiger partial charge in [0, 0.05) is 11.8 Å². The summed E-state index contributed by atoms with van der Waals surface area (Å²) in [6.45, 7) is -0.493. The van der Waals surface area contributed by atoms with Gasteiger partial charge < -0.3 is 15.4 Å². The number of imidazole rings is 1. The van der Waals surface area contributed by atoms with Crippen LogP contribution in [0.15, 0.2) is 30.0 Å². The molecule has 0 bridgehead atoms. The molecule has 0 atom stereocenters. The summed E-state index contributed by atoms with van der Waals surface area (Å²) in [5.41, 5.74) is 0.552. The number of aromatic nitrogens is 2. The average molecular weight is 340 g/mol. The number of hydrogen-bond donors (Lipinski definition) is 3. The monoisotopic (exact) mass is 340 g/mol. The molecule has 1 aliphatic rings. The second-order valence-corrected chi connectivity index (χ2v) is 5.02. The third-order valence-electron chi connectivity index (χ3n) is 3.36. The highest BCUT2D eigenvalue weighted by atomic mass is 19.4. The van der Waals surface area contributed by atoms with Gasteiger partial charge in [-0.05, 0) is 18.2 Å². The molecule has 0 fully saturated rings. The SMILES string of the molecule is O=C1C=C(Nc2ccc3nc(C(F)(F)F)[nH]c3c2)C(=O)N1CCO. The van der Waals surface area contributed by atoms with E-state index in [2.05, 4.69) is 15.3 Å². The first-order chi connectivity index (χ1) is 11.3. The maximum absolute atomic E-state index is 12.6. The standard InChI is InChI=1S/C14H11F3N4O3/c15-14(16,17)13-19-8-2-1-7(5-9(8)20-13)18-10-6-11(23)21(3-4-22)12(10)24/h1-2,5-6,18,22H,3-4H2,(H,19,20). The number of β-amino-alcohol motifs (C(OH)–C–C–N with tert-alkyl or cyclic N) is 1. The molecule has 10 heteroatoms. The highest BCUT2D eigenvalue weighted by Crippen LogP contribution is 2.29. The third kappa shape index (κ3) is 2.83. The van der Waals surface area contributed by atoms with E-state index in [4.69, 9.17) is 5.11 Å². The van der Waals surface area contributed by atoms with E-state index in [1.807, 2.05) is 0 Å². The Kier molecular flexibility index (Phi) is 3.76. The fourth-order valence-electron chi connectivity index (χ4n) is 2.29. The largest absolute Gasteiger partial charge is 0.449 e. The van der Waals surface area contributed by atoms with Crippen molar-refractivity contribution in [2.45, 2.75) is 6.18 Å². The number of anilines is 1. The first-order valence-corrected chi connectivity index (χ1v) is 6.82. The molecule has 24 heavy (non-hydrogen) atoms. The van der Waals surface area contributed by atoms with Crippen LogP contribution in [-0.4, -0.2) is 44.9 Å². The number of aliphatic hydroxyl groups excluding tert-OH is 1. The third-order valence-corrected chi connectivity index (χ3v) is 3.36. The van der Waals surface area contributed by atoms with Crippen molar-refractivity contribution >= 4 is 28.5 Å². The lowest BCUT2D eigenvalue weighted by atomic mass is 10.2. The van der Waals surface area contributed by atoms with Gasteiger partial charge >= 0.3 is 6.18 Å². The molecule has 0 radical (unpaired) electrons. The lowest BCUT2D eigenvalue weighted by Gasteiger charge is -2.13. The molecule has 1 aromatic carbocycles. The molecule has 0 unspecified atom stereocenters. The molecule has 7 nitrogen and oxygen atoms in total. The zero-order valence-electron chi connectivity index (χ0n) is 12.0. The summed E-state index contributed by atoms with van der Waals surface area (Å²) in [5, 5.41) is 11.5. The van der Waals surface area contributed by atoms with E-state index in [1.54, 1.807) is 0 Å². The van der Waals surface area contributed by atoms with E-state index in [0.717, 1.165) is 11.0 Å².